The van der Waals surface area contributed by atoms with E-state index in [9.17, 15) is 14.3 Å². The van der Waals surface area contributed by atoms with Crippen LogP contribution in [0.4, 0.5) is 4.39 Å². The highest BCUT2D eigenvalue weighted by molar-refractivity contribution is 6.53. The number of pyridine rings is 1. The lowest BCUT2D eigenvalue weighted by Crippen LogP contribution is -2.43. The van der Waals surface area contributed by atoms with Crippen LogP contribution >= 0.6 is 23.2 Å². The van der Waals surface area contributed by atoms with Gasteiger partial charge >= 0.3 is 0 Å². The van der Waals surface area contributed by atoms with Crippen molar-refractivity contribution in [2.45, 2.75) is 29.8 Å². The van der Waals surface area contributed by atoms with Gasteiger partial charge in [-0.1, -0.05) is 53.5 Å². The van der Waals surface area contributed by atoms with Crippen molar-refractivity contribution in [2.75, 3.05) is 6.67 Å². The number of aromatic nitrogens is 1. The van der Waals surface area contributed by atoms with Crippen LogP contribution in [-0.2, 0) is 4.79 Å². The van der Waals surface area contributed by atoms with Crippen LogP contribution in [0.3, 0.4) is 0 Å². The third kappa shape index (κ3) is 5.39. The van der Waals surface area contributed by atoms with Crippen LogP contribution in [0.2, 0.25) is 0 Å². The van der Waals surface area contributed by atoms with Gasteiger partial charge in [0.15, 0.2) is 4.84 Å². The highest BCUT2D eigenvalue weighted by atomic mass is 35.5. The summed E-state index contributed by atoms with van der Waals surface area (Å²) in [7, 11) is 0. The molecular weight excluding hydrogens is 392 g/mol. The Hall–Kier alpha value is -2.20. The summed E-state index contributed by atoms with van der Waals surface area (Å²) in [6, 6.07) is 11.4. The number of nitrogens with one attached hydrogen (secondary N) is 1. The number of nitrogens with zero attached hydrogens (tertiary/aromatic N) is 2. The predicted octanol–water partition coefficient (Wildman–Crippen LogP) is 3.67. The minimum atomic E-state index is -1.34. The summed E-state index contributed by atoms with van der Waals surface area (Å²) < 4.78 is 13.2. The molecule has 2 N–H and O–H groups in total. The number of rotatable bonds is 7. The molecule has 0 radical (unpaired) electrons. The van der Waals surface area contributed by atoms with Gasteiger partial charge in [-0.05, 0) is 24.1 Å². The monoisotopic (exact) mass is 409 g/mol. The topological polar surface area (TPSA) is 86.0 Å². The Bertz CT molecular complexity index is 807. The molecule has 0 fully saturated rings. The molecule has 0 aliphatic rings. The molecule has 27 heavy (non-hydrogen) atoms. The molecule has 2 aromatic rings. The maximum absolute atomic E-state index is 13.2. The van der Waals surface area contributed by atoms with Crippen LogP contribution in [0.5, 0.6) is 0 Å². The van der Waals surface area contributed by atoms with Gasteiger partial charge in [-0.3, -0.25) is 9.78 Å². The molecule has 1 aromatic carbocycles. The lowest BCUT2D eigenvalue weighted by atomic mass is 9.99. The molecule has 1 heterocycles. The van der Waals surface area contributed by atoms with E-state index in [1.807, 2.05) is 6.07 Å². The largest absolute Gasteiger partial charge is 0.386 e. The summed E-state index contributed by atoms with van der Waals surface area (Å²) >= 11 is 10.9. The summed E-state index contributed by atoms with van der Waals surface area (Å²) in [6.07, 6.45) is 0.414. The molecule has 3 atom stereocenters. The Morgan fingerprint density at radius 1 is 1.26 bits per heavy atom. The predicted molar refractivity (Wildman–Crippen MR) is 102 cm³/mol. The third-order valence-corrected chi connectivity index (χ3v) is 4.48. The van der Waals surface area contributed by atoms with Crippen molar-refractivity contribution >= 4 is 29.1 Å². The van der Waals surface area contributed by atoms with Gasteiger partial charge in [0.25, 0.3) is 5.91 Å². The van der Waals surface area contributed by atoms with Gasteiger partial charge in [0.1, 0.15) is 12.8 Å². The molecule has 1 unspecified atom stereocenters. The molecule has 0 saturated carbocycles. The number of alkyl halides is 3. The number of halogens is 3. The first-order chi connectivity index (χ1) is 12.9. The maximum atomic E-state index is 13.2. The molecule has 0 spiro atoms. The lowest BCUT2D eigenvalue weighted by molar-refractivity contribution is -0.121. The van der Waals surface area contributed by atoms with Crippen LogP contribution in [-0.4, -0.2) is 33.6 Å². The fourth-order valence-corrected chi connectivity index (χ4v) is 2.58. The number of nitriles is 1. The zero-order valence-corrected chi connectivity index (χ0v) is 16.0. The van der Waals surface area contributed by atoms with Gasteiger partial charge in [0.2, 0.25) is 0 Å². The average molecular weight is 410 g/mol. The SMILES string of the molecule is CC(C#N)c1ccc(-c2ccc([C@@H](O)[C@@H](CF)NC(=O)C(Cl)Cl)cc2)cn1. The van der Waals surface area contributed by atoms with Crippen molar-refractivity contribution in [1.82, 2.24) is 10.3 Å². The normalized spacial score (nSPS) is 14.3. The Balaban J connectivity index is 2.14. The highest BCUT2D eigenvalue weighted by Gasteiger charge is 2.25. The summed E-state index contributed by atoms with van der Waals surface area (Å²) in [4.78, 5) is 14.4. The summed E-state index contributed by atoms with van der Waals surface area (Å²) in [5.41, 5.74) is 2.81. The molecule has 1 aromatic heterocycles. The number of benzene rings is 1. The van der Waals surface area contributed by atoms with E-state index in [-0.39, 0.29) is 5.92 Å². The lowest BCUT2D eigenvalue weighted by Gasteiger charge is -2.22. The molecule has 2 rings (SSSR count). The number of hydrogen-bond acceptors (Lipinski definition) is 4. The second kappa shape index (κ2) is 9.65. The Kier molecular flexibility index (Phi) is 7.55. The summed E-state index contributed by atoms with van der Waals surface area (Å²) in [5, 5.41) is 21.5. The number of amides is 1. The van der Waals surface area contributed by atoms with Gasteiger partial charge < -0.3 is 10.4 Å². The molecular formula is C19H18Cl2FN3O2. The zero-order valence-electron chi connectivity index (χ0n) is 14.4. The van der Waals surface area contributed by atoms with Gasteiger partial charge in [-0.2, -0.15) is 5.26 Å². The van der Waals surface area contributed by atoms with E-state index in [1.54, 1.807) is 43.5 Å². The fraction of sp³-hybridized carbons (Fsp3) is 0.316. The first-order valence-corrected chi connectivity index (χ1v) is 9.03. The van der Waals surface area contributed by atoms with Crippen LogP contribution in [0.15, 0.2) is 42.6 Å². The second-order valence-corrected chi connectivity index (χ2v) is 7.06. The Labute approximate surface area is 166 Å². The minimum absolute atomic E-state index is 0.287. The van der Waals surface area contributed by atoms with E-state index in [4.69, 9.17) is 28.5 Å². The molecule has 0 aliphatic heterocycles. The van der Waals surface area contributed by atoms with Crippen molar-refractivity contribution in [3.05, 3.63) is 53.9 Å². The first-order valence-electron chi connectivity index (χ1n) is 8.15. The van der Waals surface area contributed by atoms with E-state index in [0.29, 0.717) is 11.3 Å². The summed E-state index contributed by atoms with van der Waals surface area (Å²) in [6.45, 7) is 0.798. The quantitative estimate of drug-likeness (QED) is 0.683. The third-order valence-electron chi connectivity index (χ3n) is 4.08. The summed E-state index contributed by atoms with van der Waals surface area (Å²) in [5.74, 6) is -1.06. The van der Waals surface area contributed by atoms with Crippen LogP contribution in [0.1, 0.15) is 30.2 Å². The molecule has 8 heteroatoms. The first kappa shape index (κ1) is 21.1. The Morgan fingerprint density at radius 2 is 1.89 bits per heavy atom. The number of carbonyl (C=O) groups is 1. The van der Waals surface area contributed by atoms with Crippen molar-refractivity contribution in [2.24, 2.45) is 0 Å². The number of aliphatic hydroxyl groups is 1. The minimum Gasteiger partial charge on any atom is -0.386 e. The van der Waals surface area contributed by atoms with Crippen molar-refractivity contribution < 1.29 is 14.3 Å². The smallest absolute Gasteiger partial charge is 0.253 e. The van der Waals surface area contributed by atoms with E-state index >= 15 is 0 Å². The number of aliphatic hydroxyl groups excluding tert-OH is 1. The van der Waals surface area contributed by atoms with Gasteiger partial charge in [0.05, 0.1) is 23.7 Å². The molecule has 1 amide bonds. The average Bonchev–Trinajstić information content (AvgIpc) is 2.70. The molecule has 0 aliphatic carbocycles. The van der Waals surface area contributed by atoms with Crippen LogP contribution in [0.25, 0.3) is 11.1 Å². The van der Waals surface area contributed by atoms with Crippen LogP contribution in [0, 0.1) is 11.3 Å². The van der Waals surface area contributed by atoms with E-state index < -0.39 is 29.6 Å². The Morgan fingerprint density at radius 3 is 2.37 bits per heavy atom. The van der Waals surface area contributed by atoms with Crippen molar-refractivity contribution in [1.29, 1.82) is 5.26 Å². The number of carbonyl (C=O) groups excluding carboxylic acids is 1. The van der Waals surface area contributed by atoms with E-state index in [0.717, 1.165) is 11.1 Å². The van der Waals surface area contributed by atoms with Gasteiger partial charge in [-0.25, -0.2) is 4.39 Å². The second-order valence-electron chi connectivity index (χ2n) is 5.96. The maximum Gasteiger partial charge on any atom is 0.253 e. The van der Waals surface area contributed by atoms with Crippen molar-refractivity contribution in [3.63, 3.8) is 0 Å². The molecule has 0 saturated heterocycles. The van der Waals surface area contributed by atoms with Gasteiger partial charge in [-0.15, -0.1) is 0 Å². The van der Waals surface area contributed by atoms with E-state index in [1.165, 1.54) is 0 Å². The van der Waals surface area contributed by atoms with E-state index in [2.05, 4.69) is 16.4 Å². The zero-order chi connectivity index (χ0) is 20.0. The molecule has 142 valence electrons. The highest BCUT2D eigenvalue weighted by Crippen LogP contribution is 2.24. The molecule has 0 bridgehead atoms. The van der Waals surface area contributed by atoms with Gasteiger partial charge in [0, 0.05) is 11.8 Å². The standard InChI is InChI=1S/C19H18Cl2FN3O2/c1-11(9-23)15-7-6-14(10-24-15)12-2-4-13(5-3-12)17(26)16(8-22)25-19(27)18(20)21/h2-7,10-11,16-18,26H,8H2,1H3,(H,25,27)/t11?,16-,17-/m1/s1. The van der Waals surface area contributed by atoms with Crippen LogP contribution < -0.4 is 5.32 Å². The van der Waals surface area contributed by atoms with Crippen molar-refractivity contribution in [3.8, 4) is 17.2 Å². The molecule has 5 nitrogen and oxygen atoms in total. The number of hydrogen-bond donors (Lipinski definition) is 2. The fourth-order valence-electron chi connectivity index (χ4n) is 2.45.